The Hall–Kier alpha value is -0.220. The molecule has 3 nitrogen and oxygen atoms in total. The summed E-state index contributed by atoms with van der Waals surface area (Å²) in [5, 5.41) is 4.12. The molecule has 1 N–H and O–H groups in total. The van der Waals surface area contributed by atoms with E-state index in [-0.39, 0.29) is 12.2 Å². The second-order valence-corrected chi connectivity index (χ2v) is 6.84. The normalized spacial score (nSPS) is 26.1. The lowest BCUT2D eigenvalue weighted by Crippen LogP contribution is -2.42. The lowest BCUT2D eigenvalue weighted by Gasteiger charge is -2.28. The van der Waals surface area contributed by atoms with Gasteiger partial charge in [0.25, 0.3) is 0 Å². The third-order valence-corrected chi connectivity index (χ3v) is 4.72. The average molecular weight is 272 g/mol. The van der Waals surface area contributed by atoms with E-state index < -0.39 is 0 Å². The molecule has 4 heteroatoms. The van der Waals surface area contributed by atoms with Crippen molar-refractivity contribution < 1.29 is 4.79 Å². The zero-order valence-corrected chi connectivity index (χ0v) is 13.2. The molecular weight excluding hydrogens is 244 g/mol. The minimum absolute atomic E-state index is 0.0481. The molecule has 0 aromatic heterocycles. The zero-order chi connectivity index (χ0) is 13.7. The standard InChI is InChI=1S/C14H28N2OS/c1-6-7-12-14(17)16(9-8-11(4)18-5)13(15-12)10(2)3/h10-13,15H,6-9H2,1-5H3. The van der Waals surface area contributed by atoms with Crippen molar-refractivity contribution in [1.82, 2.24) is 10.2 Å². The summed E-state index contributed by atoms with van der Waals surface area (Å²) in [4.78, 5) is 14.4. The summed E-state index contributed by atoms with van der Waals surface area (Å²) in [7, 11) is 0. The molecule has 0 radical (unpaired) electrons. The summed E-state index contributed by atoms with van der Waals surface area (Å²) in [5.41, 5.74) is 0. The molecule has 1 fully saturated rings. The third-order valence-electron chi connectivity index (χ3n) is 3.68. The van der Waals surface area contributed by atoms with Crippen molar-refractivity contribution in [2.45, 2.75) is 64.4 Å². The monoisotopic (exact) mass is 272 g/mol. The Morgan fingerprint density at radius 1 is 1.39 bits per heavy atom. The Balaban J connectivity index is 2.63. The Morgan fingerprint density at radius 2 is 2.06 bits per heavy atom. The molecule has 0 bridgehead atoms. The zero-order valence-electron chi connectivity index (χ0n) is 12.4. The first-order chi connectivity index (χ1) is 8.51. The van der Waals surface area contributed by atoms with Crippen LogP contribution in [0.4, 0.5) is 0 Å². The molecule has 1 amide bonds. The van der Waals surface area contributed by atoms with Gasteiger partial charge in [-0.15, -0.1) is 0 Å². The summed E-state index contributed by atoms with van der Waals surface area (Å²) < 4.78 is 0. The summed E-state index contributed by atoms with van der Waals surface area (Å²) in [5.74, 6) is 0.782. The van der Waals surface area contributed by atoms with Crippen LogP contribution in [0.1, 0.15) is 47.0 Å². The lowest BCUT2D eigenvalue weighted by atomic mass is 10.1. The van der Waals surface area contributed by atoms with Crippen LogP contribution in [-0.2, 0) is 4.79 Å². The summed E-state index contributed by atoms with van der Waals surface area (Å²) >= 11 is 1.87. The third kappa shape index (κ3) is 3.89. The summed E-state index contributed by atoms with van der Waals surface area (Å²) in [6, 6.07) is 0.0481. The maximum absolute atomic E-state index is 12.4. The van der Waals surface area contributed by atoms with Crippen LogP contribution in [0.25, 0.3) is 0 Å². The quantitative estimate of drug-likeness (QED) is 0.773. The van der Waals surface area contributed by atoms with Crippen LogP contribution in [0.3, 0.4) is 0 Å². The maximum atomic E-state index is 12.4. The largest absolute Gasteiger partial charge is 0.325 e. The Bertz CT molecular complexity index is 271. The van der Waals surface area contributed by atoms with E-state index in [2.05, 4.69) is 44.2 Å². The molecule has 106 valence electrons. The van der Waals surface area contributed by atoms with E-state index in [1.807, 2.05) is 11.8 Å². The van der Waals surface area contributed by atoms with Gasteiger partial charge in [-0.3, -0.25) is 10.1 Å². The molecule has 18 heavy (non-hydrogen) atoms. The van der Waals surface area contributed by atoms with Crippen molar-refractivity contribution in [2.24, 2.45) is 5.92 Å². The second-order valence-electron chi connectivity index (χ2n) is 5.56. The molecule has 1 aliphatic rings. The van der Waals surface area contributed by atoms with Gasteiger partial charge in [0.05, 0.1) is 12.2 Å². The fraction of sp³-hybridized carbons (Fsp3) is 0.929. The predicted octanol–water partition coefficient (Wildman–Crippen LogP) is 2.71. The SMILES string of the molecule is CCCC1NC(C(C)C)N(CCC(C)SC)C1=O. The topological polar surface area (TPSA) is 32.3 Å². The fourth-order valence-electron chi connectivity index (χ4n) is 2.44. The highest BCUT2D eigenvalue weighted by Gasteiger charge is 2.39. The number of hydrogen-bond acceptors (Lipinski definition) is 3. The molecule has 0 aromatic carbocycles. The molecule has 1 saturated heterocycles. The van der Waals surface area contributed by atoms with Crippen LogP contribution < -0.4 is 5.32 Å². The highest BCUT2D eigenvalue weighted by molar-refractivity contribution is 7.99. The first-order valence-corrected chi connectivity index (χ1v) is 8.39. The van der Waals surface area contributed by atoms with Crippen molar-refractivity contribution >= 4 is 17.7 Å². The van der Waals surface area contributed by atoms with Crippen LogP contribution in [0, 0.1) is 5.92 Å². The predicted molar refractivity (Wildman–Crippen MR) is 79.8 cm³/mol. The van der Waals surface area contributed by atoms with Gasteiger partial charge in [-0.05, 0) is 25.0 Å². The molecule has 0 aliphatic carbocycles. The molecule has 3 unspecified atom stereocenters. The van der Waals surface area contributed by atoms with Crippen LogP contribution in [-0.4, -0.2) is 41.1 Å². The van der Waals surface area contributed by atoms with Crippen LogP contribution in [0.2, 0.25) is 0 Å². The van der Waals surface area contributed by atoms with Gasteiger partial charge in [-0.2, -0.15) is 11.8 Å². The van der Waals surface area contributed by atoms with E-state index >= 15 is 0 Å². The Morgan fingerprint density at radius 3 is 2.56 bits per heavy atom. The van der Waals surface area contributed by atoms with E-state index in [1.54, 1.807) is 0 Å². The fourth-order valence-corrected chi connectivity index (χ4v) is 2.78. The summed E-state index contributed by atoms with van der Waals surface area (Å²) in [6.45, 7) is 9.62. The number of nitrogens with one attached hydrogen (secondary N) is 1. The molecule has 0 saturated carbocycles. The maximum Gasteiger partial charge on any atom is 0.241 e. The smallest absolute Gasteiger partial charge is 0.241 e. The number of hydrogen-bond donors (Lipinski definition) is 1. The van der Waals surface area contributed by atoms with Gasteiger partial charge in [0, 0.05) is 11.8 Å². The highest BCUT2D eigenvalue weighted by atomic mass is 32.2. The molecule has 3 atom stereocenters. The van der Waals surface area contributed by atoms with Crippen molar-refractivity contribution in [3.05, 3.63) is 0 Å². The number of carbonyl (C=O) groups is 1. The van der Waals surface area contributed by atoms with Crippen molar-refractivity contribution in [2.75, 3.05) is 12.8 Å². The number of amides is 1. The Kier molecular flexibility index (Phi) is 6.50. The highest BCUT2D eigenvalue weighted by Crippen LogP contribution is 2.21. The van der Waals surface area contributed by atoms with E-state index in [4.69, 9.17) is 0 Å². The Labute approximate surface area is 116 Å². The van der Waals surface area contributed by atoms with Gasteiger partial charge >= 0.3 is 0 Å². The van der Waals surface area contributed by atoms with Gasteiger partial charge in [0.2, 0.25) is 5.91 Å². The lowest BCUT2D eigenvalue weighted by molar-refractivity contribution is -0.130. The van der Waals surface area contributed by atoms with Gasteiger partial charge in [-0.25, -0.2) is 0 Å². The first kappa shape index (κ1) is 15.8. The molecule has 0 aromatic rings. The second kappa shape index (κ2) is 7.39. The van der Waals surface area contributed by atoms with Gasteiger partial charge < -0.3 is 4.90 Å². The molecule has 1 aliphatic heterocycles. The van der Waals surface area contributed by atoms with Crippen LogP contribution in [0.15, 0.2) is 0 Å². The van der Waals surface area contributed by atoms with Gasteiger partial charge in [0.15, 0.2) is 0 Å². The van der Waals surface area contributed by atoms with Crippen molar-refractivity contribution in [1.29, 1.82) is 0 Å². The van der Waals surface area contributed by atoms with Crippen molar-refractivity contribution in [3.63, 3.8) is 0 Å². The molecule has 0 spiro atoms. The van der Waals surface area contributed by atoms with E-state index in [0.717, 1.165) is 25.8 Å². The number of carbonyl (C=O) groups excluding carboxylic acids is 1. The van der Waals surface area contributed by atoms with E-state index in [9.17, 15) is 4.79 Å². The number of rotatable bonds is 7. The molecule has 1 heterocycles. The molecular formula is C14H28N2OS. The van der Waals surface area contributed by atoms with E-state index in [0.29, 0.717) is 17.1 Å². The first-order valence-electron chi connectivity index (χ1n) is 7.10. The number of nitrogens with zero attached hydrogens (tertiary/aromatic N) is 1. The van der Waals surface area contributed by atoms with Crippen LogP contribution >= 0.6 is 11.8 Å². The van der Waals surface area contributed by atoms with Gasteiger partial charge in [0.1, 0.15) is 0 Å². The molecule has 1 rings (SSSR count). The van der Waals surface area contributed by atoms with E-state index in [1.165, 1.54) is 0 Å². The van der Waals surface area contributed by atoms with Gasteiger partial charge in [-0.1, -0.05) is 34.1 Å². The average Bonchev–Trinajstić information content (AvgIpc) is 2.64. The summed E-state index contributed by atoms with van der Waals surface area (Å²) in [6.07, 6.45) is 5.45. The minimum atomic E-state index is 0.0481. The van der Waals surface area contributed by atoms with Crippen LogP contribution in [0.5, 0.6) is 0 Å². The minimum Gasteiger partial charge on any atom is -0.325 e. The van der Waals surface area contributed by atoms with Crippen molar-refractivity contribution in [3.8, 4) is 0 Å². The number of thioether (sulfide) groups is 1.